The lowest BCUT2D eigenvalue weighted by Gasteiger charge is -2.28. The van der Waals surface area contributed by atoms with Gasteiger partial charge < -0.3 is 4.90 Å². The van der Waals surface area contributed by atoms with E-state index in [1.54, 1.807) is 0 Å². The van der Waals surface area contributed by atoms with Crippen molar-refractivity contribution in [3.05, 3.63) is 35.9 Å². The molecule has 0 spiro atoms. The molecule has 1 fully saturated rings. The summed E-state index contributed by atoms with van der Waals surface area (Å²) in [7, 11) is 0. The number of ketones is 1. The molecular weight excluding hydrogens is 224 g/mol. The highest BCUT2D eigenvalue weighted by molar-refractivity contribution is 5.83. The Morgan fingerprint density at radius 3 is 2.67 bits per heavy atom. The largest absolute Gasteiger partial charge is 0.355 e. The number of carbonyl (C=O) groups excluding carboxylic acids is 1. The highest BCUT2D eigenvalue weighted by Gasteiger charge is 2.19. The number of anilines is 1. The number of rotatable bonds is 1. The Balaban J connectivity index is 2.01. The van der Waals surface area contributed by atoms with Crippen molar-refractivity contribution >= 4 is 22.5 Å². The summed E-state index contributed by atoms with van der Waals surface area (Å²) in [5, 5.41) is 1.17. The van der Waals surface area contributed by atoms with Crippen LogP contribution in [0.2, 0.25) is 0 Å². The zero-order chi connectivity index (χ0) is 12.5. The number of aromatic nitrogens is 1. The fraction of sp³-hybridized carbons (Fsp3) is 0.333. The van der Waals surface area contributed by atoms with Gasteiger partial charge in [-0.05, 0) is 24.6 Å². The highest BCUT2D eigenvalue weighted by Crippen LogP contribution is 2.24. The molecule has 1 aliphatic heterocycles. The molecule has 0 amide bonds. The van der Waals surface area contributed by atoms with Crippen LogP contribution in [0.3, 0.4) is 0 Å². The van der Waals surface area contributed by atoms with E-state index in [-0.39, 0.29) is 0 Å². The summed E-state index contributed by atoms with van der Waals surface area (Å²) in [6.07, 6.45) is 1.29. The normalized spacial score (nSPS) is 16.3. The molecule has 18 heavy (non-hydrogen) atoms. The molecule has 1 aromatic heterocycles. The molecule has 3 heteroatoms. The molecule has 2 aromatic rings. The van der Waals surface area contributed by atoms with Crippen molar-refractivity contribution in [2.75, 3.05) is 18.0 Å². The van der Waals surface area contributed by atoms with Crippen molar-refractivity contribution in [1.82, 2.24) is 4.98 Å². The van der Waals surface area contributed by atoms with Crippen molar-refractivity contribution in [2.45, 2.75) is 19.8 Å². The Bertz CT molecular complexity index is 596. The van der Waals surface area contributed by atoms with Crippen LogP contribution in [0.15, 0.2) is 30.3 Å². The third-order valence-electron chi connectivity index (χ3n) is 3.51. The second-order valence-electron chi connectivity index (χ2n) is 4.85. The van der Waals surface area contributed by atoms with E-state index in [0.29, 0.717) is 18.6 Å². The second kappa shape index (κ2) is 4.41. The molecular formula is C15H16N2O. The lowest BCUT2D eigenvalue weighted by Crippen LogP contribution is -2.34. The molecule has 1 aromatic carbocycles. The van der Waals surface area contributed by atoms with E-state index in [2.05, 4.69) is 24.0 Å². The van der Waals surface area contributed by atoms with Gasteiger partial charge >= 0.3 is 0 Å². The van der Waals surface area contributed by atoms with Gasteiger partial charge in [0.25, 0.3) is 0 Å². The van der Waals surface area contributed by atoms with E-state index in [4.69, 9.17) is 4.98 Å². The summed E-state index contributed by atoms with van der Waals surface area (Å²) in [5.41, 5.74) is 2.21. The van der Waals surface area contributed by atoms with E-state index < -0.39 is 0 Å². The molecule has 92 valence electrons. The first-order valence-corrected chi connectivity index (χ1v) is 6.37. The predicted octanol–water partition coefficient (Wildman–Crippen LogP) is 2.71. The van der Waals surface area contributed by atoms with E-state index in [1.165, 1.54) is 10.9 Å². The number of hydrogen-bond acceptors (Lipinski definition) is 3. The number of nitrogens with zero attached hydrogens (tertiary/aromatic N) is 2. The summed E-state index contributed by atoms with van der Waals surface area (Å²) in [6, 6.07) is 10.3. The van der Waals surface area contributed by atoms with Crippen LogP contribution in [0.5, 0.6) is 0 Å². The van der Waals surface area contributed by atoms with Gasteiger partial charge in [0, 0.05) is 31.3 Å². The van der Waals surface area contributed by atoms with E-state index in [0.717, 1.165) is 24.4 Å². The Hall–Kier alpha value is -1.90. The van der Waals surface area contributed by atoms with E-state index >= 15 is 0 Å². The monoisotopic (exact) mass is 240 g/mol. The molecule has 3 nitrogen and oxygen atoms in total. The van der Waals surface area contributed by atoms with Gasteiger partial charge in [-0.3, -0.25) is 4.79 Å². The van der Waals surface area contributed by atoms with Gasteiger partial charge in [0.05, 0.1) is 5.52 Å². The fourth-order valence-corrected chi connectivity index (χ4v) is 2.50. The molecule has 1 aliphatic rings. The lowest BCUT2D eigenvalue weighted by atomic mass is 10.1. The molecule has 0 saturated carbocycles. The quantitative estimate of drug-likeness (QED) is 0.768. The third kappa shape index (κ3) is 1.96. The maximum absolute atomic E-state index is 11.3. The van der Waals surface area contributed by atoms with E-state index in [9.17, 15) is 4.79 Å². The van der Waals surface area contributed by atoms with E-state index in [1.807, 2.05) is 18.2 Å². The lowest BCUT2D eigenvalue weighted by molar-refractivity contribution is -0.119. The van der Waals surface area contributed by atoms with Crippen LogP contribution >= 0.6 is 0 Å². The number of hydrogen-bond donors (Lipinski definition) is 0. The number of para-hydroxylation sites is 1. The number of carbonyl (C=O) groups is 1. The molecule has 0 radical (unpaired) electrons. The molecule has 0 bridgehead atoms. The Labute approximate surface area is 106 Å². The van der Waals surface area contributed by atoms with Gasteiger partial charge in [-0.1, -0.05) is 18.2 Å². The number of benzene rings is 1. The maximum Gasteiger partial charge on any atom is 0.136 e. The topological polar surface area (TPSA) is 33.2 Å². The number of fused-ring (bicyclic) bond motifs is 1. The number of Topliss-reactive ketones (excluding diaryl/α,β-unsaturated/α-hetero) is 1. The number of piperidine rings is 1. The summed E-state index contributed by atoms with van der Waals surface area (Å²) >= 11 is 0. The summed E-state index contributed by atoms with van der Waals surface area (Å²) in [5.74, 6) is 1.39. The first-order valence-electron chi connectivity index (χ1n) is 6.37. The first-order chi connectivity index (χ1) is 8.74. The first kappa shape index (κ1) is 11.2. The van der Waals surface area contributed by atoms with Gasteiger partial charge in [-0.15, -0.1) is 0 Å². The zero-order valence-electron chi connectivity index (χ0n) is 10.5. The molecule has 3 rings (SSSR count). The second-order valence-corrected chi connectivity index (χ2v) is 4.85. The van der Waals surface area contributed by atoms with Gasteiger partial charge in [0.15, 0.2) is 0 Å². The zero-order valence-corrected chi connectivity index (χ0v) is 10.5. The van der Waals surface area contributed by atoms with Crippen LogP contribution in [-0.4, -0.2) is 23.9 Å². The van der Waals surface area contributed by atoms with Crippen LogP contribution in [0, 0.1) is 6.92 Å². The van der Waals surface area contributed by atoms with Crippen LogP contribution in [0.1, 0.15) is 18.4 Å². The average molecular weight is 240 g/mol. The molecule has 0 unspecified atom stereocenters. The van der Waals surface area contributed by atoms with Crippen LogP contribution < -0.4 is 4.90 Å². The predicted molar refractivity (Wildman–Crippen MR) is 72.9 cm³/mol. The summed E-state index contributed by atoms with van der Waals surface area (Å²) in [6.45, 7) is 3.68. The molecule has 0 aliphatic carbocycles. The minimum absolute atomic E-state index is 0.365. The summed E-state index contributed by atoms with van der Waals surface area (Å²) in [4.78, 5) is 18.3. The van der Waals surface area contributed by atoms with Gasteiger partial charge in [0.1, 0.15) is 11.6 Å². The van der Waals surface area contributed by atoms with Crippen molar-refractivity contribution in [3.8, 4) is 0 Å². The SMILES string of the molecule is Cc1cc2ccccc2nc1N1CCC(=O)CC1. The maximum atomic E-state index is 11.3. The van der Waals surface area contributed by atoms with Crippen molar-refractivity contribution in [1.29, 1.82) is 0 Å². The van der Waals surface area contributed by atoms with Gasteiger partial charge in [0.2, 0.25) is 0 Å². The fourth-order valence-electron chi connectivity index (χ4n) is 2.50. The Morgan fingerprint density at radius 1 is 1.17 bits per heavy atom. The standard InChI is InChI=1S/C15H16N2O/c1-11-10-12-4-2-3-5-14(12)16-15(11)17-8-6-13(18)7-9-17/h2-5,10H,6-9H2,1H3. The smallest absolute Gasteiger partial charge is 0.136 e. The highest BCUT2D eigenvalue weighted by atomic mass is 16.1. The minimum atomic E-state index is 0.365. The minimum Gasteiger partial charge on any atom is -0.355 e. The summed E-state index contributed by atoms with van der Waals surface area (Å²) < 4.78 is 0. The van der Waals surface area contributed by atoms with Crippen LogP contribution in [-0.2, 0) is 4.79 Å². The molecule has 0 N–H and O–H groups in total. The van der Waals surface area contributed by atoms with Crippen LogP contribution in [0.25, 0.3) is 10.9 Å². The van der Waals surface area contributed by atoms with Gasteiger partial charge in [-0.25, -0.2) is 4.98 Å². The molecule has 1 saturated heterocycles. The average Bonchev–Trinajstić information content (AvgIpc) is 2.39. The van der Waals surface area contributed by atoms with Crippen LogP contribution in [0.4, 0.5) is 5.82 Å². The number of aryl methyl sites for hydroxylation is 1. The Morgan fingerprint density at radius 2 is 1.89 bits per heavy atom. The molecule has 0 atom stereocenters. The Kier molecular flexibility index (Phi) is 2.74. The van der Waals surface area contributed by atoms with Crippen molar-refractivity contribution in [3.63, 3.8) is 0 Å². The van der Waals surface area contributed by atoms with Crippen molar-refractivity contribution in [2.24, 2.45) is 0 Å². The molecule has 2 heterocycles. The number of pyridine rings is 1. The third-order valence-corrected chi connectivity index (χ3v) is 3.51. The van der Waals surface area contributed by atoms with Gasteiger partial charge in [-0.2, -0.15) is 0 Å². The van der Waals surface area contributed by atoms with Crippen molar-refractivity contribution < 1.29 is 4.79 Å².